The molecule has 0 aliphatic rings. The molecule has 0 aliphatic carbocycles. The minimum absolute atomic E-state index is 0.181. The molecule has 27 rings (SSSR count). The summed E-state index contributed by atoms with van der Waals surface area (Å²) in [6.07, 6.45) is 0. The van der Waals surface area contributed by atoms with Gasteiger partial charge in [0.25, 0.3) is 0 Å². The predicted octanol–water partition coefficient (Wildman–Crippen LogP) is 31.2. The van der Waals surface area contributed by atoms with Crippen molar-refractivity contribution in [2.24, 2.45) is 0 Å². The Balaban J connectivity index is 0.000000112. The van der Waals surface area contributed by atoms with E-state index in [0.717, 1.165) is 122 Å². The number of benzene rings is 20. The molecule has 0 aliphatic heterocycles. The molecule has 7 heterocycles. The van der Waals surface area contributed by atoms with Crippen LogP contribution in [0.2, 0.25) is 0 Å². The molecule has 27 aromatic rings. The summed E-state index contributed by atoms with van der Waals surface area (Å²) in [4.78, 5) is 50.9. The van der Waals surface area contributed by atoms with E-state index in [2.05, 4.69) is 358 Å². The number of hydrogen-bond donors (Lipinski definition) is 0. The number of oxazole rings is 1. The first-order chi connectivity index (χ1) is 69.3. The average molecular weight is 1980 g/mol. The summed E-state index contributed by atoms with van der Waals surface area (Å²) in [5.74, 6) is 6.56. The monoisotopic (exact) mass is 1990 g/mol. The zero-order valence-corrected chi connectivity index (χ0v) is 80.3. The van der Waals surface area contributed by atoms with E-state index in [4.69, 9.17) is 54.3 Å². The molecule has 656 valence electrons. The van der Waals surface area contributed by atoms with Gasteiger partial charge in [-0.25, -0.2) is 0 Å². The van der Waals surface area contributed by atoms with Gasteiger partial charge in [-0.3, -0.25) is 0 Å². The van der Waals surface area contributed by atoms with E-state index in [-0.39, 0.29) is 43.5 Å². The van der Waals surface area contributed by atoms with Gasteiger partial charge in [-0.1, -0.05) is 72.8 Å². The molecule has 140 heavy (non-hydrogen) atoms. The second kappa shape index (κ2) is 37.2. The van der Waals surface area contributed by atoms with Crippen molar-refractivity contribution < 1.29 is 4.42 Å². The van der Waals surface area contributed by atoms with Gasteiger partial charge in [0.2, 0.25) is 0 Å². The molecule has 0 unspecified atom stereocenters. The Kier molecular flexibility index (Phi) is 22.5. The SMILES string of the molecule is c1ccc(-c2ccc(-c3nc(-c4cccc(-c5ccccc5)c4)nc(-c4cccc5[se]c6ccccc6c45)n3)cc2)cc1.c1ccc(-c2ccc(-c3nc(-c4cccc(-c5ccccc5)c4)nc(-c4cccc5c4[se]c4ccccc45)n3)cc2)cc1.c1ccc(-c2nc(-c3ccccc3)nc(-c3ccc4c(-c5cccc6c5[se]c5ccccc56)cc5ccc6oc(-c7ccccc7)nc6c5c4c3)n2)cc1. The molecule has 0 atom stereocenters. The molecule has 0 fully saturated rings. The zero-order chi connectivity index (χ0) is 92.8. The molecule has 0 N–H and O–H groups in total. The molecular weight excluding hydrogens is 1910 g/mol. The fourth-order valence-corrected chi connectivity index (χ4v) is 26.3. The number of nitrogens with zero attached hydrogens (tertiary/aromatic N) is 10. The predicted molar refractivity (Wildman–Crippen MR) is 579 cm³/mol. The molecule has 0 saturated heterocycles. The summed E-state index contributed by atoms with van der Waals surface area (Å²) in [6.45, 7) is 0. The molecule has 14 heteroatoms. The summed E-state index contributed by atoms with van der Waals surface area (Å²) in [7, 11) is 0. The van der Waals surface area contributed by atoms with E-state index < -0.39 is 0 Å². The smallest absolute Gasteiger partial charge is 0.0615 e. The maximum absolute atomic E-state index is 6.43. The Hall–Kier alpha value is -17.0. The molecule has 0 radical (unpaired) electrons. The summed E-state index contributed by atoms with van der Waals surface area (Å²) in [6, 6.07) is 165. The van der Waals surface area contributed by atoms with Crippen LogP contribution in [0.25, 0.3) is 260 Å². The molecule has 11 nitrogen and oxygen atoms in total. The van der Waals surface area contributed by atoms with Crippen molar-refractivity contribution in [1.29, 1.82) is 0 Å². The average Bonchev–Trinajstić information content (AvgIpc) is 1.40. The molecular formula is C126H78N10OSe3. The Morgan fingerprint density at radius 1 is 0.157 bits per heavy atom. The van der Waals surface area contributed by atoms with Crippen LogP contribution in [-0.2, 0) is 0 Å². The quantitative estimate of drug-likeness (QED) is 0.0715. The number of rotatable bonds is 15. The van der Waals surface area contributed by atoms with Crippen molar-refractivity contribution >= 4 is 134 Å². The van der Waals surface area contributed by atoms with Crippen molar-refractivity contribution in [3.63, 3.8) is 0 Å². The van der Waals surface area contributed by atoms with Crippen LogP contribution in [0.4, 0.5) is 0 Å². The van der Waals surface area contributed by atoms with Crippen molar-refractivity contribution in [1.82, 2.24) is 49.8 Å². The standard InChI is InChI=1S/C48H28N4OSe.2C39H25N3Se/c1-4-13-29(14-5-1)45-50-46(30-15-6-2-7-16-30)52-47(51-45)33-23-25-34-38(37-21-12-20-36-35-19-10-11-22-41(35)54-44(36)37)27-32-24-26-40-43(42(32)39(34)28-33)49-48(53-40)31-17-8-3-9-18-31;1-3-11-26(12-4-1)28-21-23-29(24-22-28)37-40-38(31-16-9-15-30(25-31)27-13-5-2-6-14-27)42-39(41-37)34-19-10-18-33-32-17-7-8-20-35(32)43-36(33)34;1-3-11-26(12-4-1)28-21-23-29(24-22-28)37-40-38(31-16-9-15-30(25-31)27-13-5-2-6-14-27)42-39(41-37)33-18-10-20-35-36(33)32-17-7-8-19-34(32)43-35/h1-28H;2*1-25H. The second-order valence-electron chi connectivity index (χ2n) is 34.3. The van der Waals surface area contributed by atoms with Crippen LogP contribution in [0.5, 0.6) is 0 Å². The second-order valence-corrected chi connectivity index (χ2v) is 41.0. The van der Waals surface area contributed by atoms with Crippen molar-refractivity contribution in [2.45, 2.75) is 0 Å². The Morgan fingerprint density at radius 2 is 0.471 bits per heavy atom. The molecule has 0 amide bonds. The van der Waals surface area contributed by atoms with Crippen LogP contribution in [0.15, 0.2) is 478 Å². The Morgan fingerprint density at radius 3 is 0.957 bits per heavy atom. The van der Waals surface area contributed by atoms with Crippen LogP contribution in [0, 0.1) is 0 Å². The summed E-state index contributed by atoms with van der Waals surface area (Å²) in [5.41, 5.74) is 23.0. The summed E-state index contributed by atoms with van der Waals surface area (Å²) >= 11 is 0.634. The third-order valence-electron chi connectivity index (χ3n) is 25.7. The van der Waals surface area contributed by atoms with Crippen LogP contribution in [0.1, 0.15) is 0 Å². The van der Waals surface area contributed by atoms with E-state index >= 15 is 0 Å². The van der Waals surface area contributed by atoms with Crippen LogP contribution in [0.3, 0.4) is 0 Å². The summed E-state index contributed by atoms with van der Waals surface area (Å²) < 4.78 is 14.8. The summed E-state index contributed by atoms with van der Waals surface area (Å²) in [5, 5.41) is 12.2. The van der Waals surface area contributed by atoms with Crippen molar-refractivity contribution in [2.75, 3.05) is 0 Å². The van der Waals surface area contributed by atoms with Gasteiger partial charge >= 0.3 is 758 Å². The Labute approximate surface area is 824 Å². The van der Waals surface area contributed by atoms with Gasteiger partial charge in [0.1, 0.15) is 0 Å². The van der Waals surface area contributed by atoms with Gasteiger partial charge in [0.05, 0.1) is 0 Å². The zero-order valence-electron chi connectivity index (χ0n) is 75.1. The van der Waals surface area contributed by atoms with Gasteiger partial charge in [-0.05, 0) is 0 Å². The first-order valence-corrected chi connectivity index (χ1v) is 51.6. The van der Waals surface area contributed by atoms with Gasteiger partial charge in [0.15, 0.2) is 0 Å². The fourth-order valence-electron chi connectivity index (χ4n) is 18.8. The van der Waals surface area contributed by atoms with Crippen LogP contribution >= 0.6 is 0 Å². The van der Waals surface area contributed by atoms with Crippen molar-refractivity contribution in [3.05, 3.63) is 473 Å². The minimum atomic E-state index is 0.181. The molecule has 0 saturated carbocycles. The molecule has 0 bridgehead atoms. The fraction of sp³-hybridized carbons (Fsp3) is 0. The van der Waals surface area contributed by atoms with Crippen LogP contribution in [-0.4, -0.2) is 93.4 Å². The van der Waals surface area contributed by atoms with Gasteiger partial charge in [-0.15, -0.1) is 0 Å². The normalized spacial score (nSPS) is 11.4. The van der Waals surface area contributed by atoms with E-state index in [1.54, 1.807) is 0 Å². The number of aromatic nitrogens is 10. The van der Waals surface area contributed by atoms with E-state index in [0.29, 0.717) is 58.3 Å². The Bertz CT molecular complexity index is 9290. The van der Waals surface area contributed by atoms with Gasteiger partial charge in [-0.2, -0.15) is 0 Å². The van der Waals surface area contributed by atoms with Gasteiger partial charge < -0.3 is 0 Å². The number of hydrogen-bond acceptors (Lipinski definition) is 11. The number of fused-ring (bicyclic) bond motifs is 14. The van der Waals surface area contributed by atoms with E-state index in [1.165, 1.54) is 80.1 Å². The van der Waals surface area contributed by atoms with E-state index in [1.807, 2.05) is 115 Å². The molecule has 0 spiro atoms. The van der Waals surface area contributed by atoms with Crippen LogP contribution < -0.4 is 0 Å². The maximum atomic E-state index is 6.43. The first-order valence-electron chi connectivity index (χ1n) is 46.5. The van der Waals surface area contributed by atoms with E-state index in [9.17, 15) is 0 Å². The molecule has 7 aromatic heterocycles. The molecule has 20 aromatic carbocycles. The minimum Gasteiger partial charge on any atom is -0.0615 e. The van der Waals surface area contributed by atoms with Crippen molar-refractivity contribution in [3.8, 4) is 170 Å². The third-order valence-corrected chi connectivity index (χ3v) is 33.2. The third kappa shape index (κ3) is 16.6. The van der Waals surface area contributed by atoms with Gasteiger partial charge in [0, 0.05) is 0 Å². The topological polar surface area (TPSA) is 142 Å². The first kappa shape index (κ1) is 84.7.